The summed E-state index contributed by atoms with van der Waals surface area (Å²) in [4.78, 5) is 1.61. The van der Waals surface area contributed by atoms with Crippen LogP contribution in [0.15, 0.2) is 24.3 Å². The number of alkyl halides is 2. The number of rotatable bonds is 7. The lowest BCUT2D eigenvalue weighted by atomic mass is 10.1. The molecular weight excluding hydrogens is 234 g/mol. The number of para-hydroxylation sites is 1. The average Bonchev–Trinajstić information content (AvgIpc) is 2.28. The van der Waals surface area contributed by atoms with Gasteiger partial charge < -0.3 is 10.2 Å². The second-order valence-electron chi connectivity index (χ2n) is 4.93. The number of hydrogen-bond acceptors (Lipinski definition) is 2. The molecule has 0 amide bonds. The van der Waals surface area contributed by atoms with Gasteiger partial charge in [-0.3, -0.25) is 0 Å². The van der Waals surface area contributed by atoms with Crippen molar-refractivity contribution in [3.8, 4) is 0 Å². The van der Waals surface area contributed by atoms with E-state index >= 15 is 0 Å². The fourth-order valence-electron chi connectivity index (χ4n) is 1.83. The zero-order valence-electron chi connectivity index (χ0n) is 11.3. The number of nitrogens with zero attached hydrogens (tertiary/aromatic N) is 1. The van der Waals surface area contributed by atoms with E-state index in [2.05, 4.69) is 19.2 Å². The molecule has 1 rings (SSSR count). The van der Waals surface area contributed by atoms with E-state index < -0.39 is 6.43 Å². The standard InChI is InChI=1S/C14H22F2N2/c1-11(2)8-17-9-12-6-4-5-7-13(12)18(3)10-14(15)16/h4-7,11,14,17H,8-10H2,1-3H3. The highest BCUT2D eigenvalue weighted by Gasteiger charge is 2.11. The van der Waals surface area contributed by atoms with Gasteiger partial charge in [0.05, 0.1) is 6.54 Å². The van der Waals surface area contributed by atoms with E-state index in [1.807, 2.05) is 24.3 Å². The van der Waals surface area contributed by atoms with Crippen molar-refractivity contribution < 1.29 is 8.78 Å². The summed E-state index contributed by atoms with van der Waals surface area (Å²) in [6.07, 6.45) is -2.31. The number of nitrogens with one attached hydrogen (secondary N) is 1. The van der Waals surface area contributed by atoms with E-state index in [0.717, 1.165) is 17.8 Å². The Morgan fingerprint density at radius 2 is 1.89 bits per heavy atom. The van der Waals surface area contributed by atoms with Gasteiger partial charge in [-0.05, 0) is 24.1 Å². The van der Waals surface area contributed by atoms with Crippen LogP contribution in [-0.4, -0.2) is 26.6 Å². The maximum atomic E-state index is 12.4. The van der Waals surface area contributed by atoms with Crippen LogP contribution in [0.1, 0.15) is 19.4 Å². The van der Waals surface area contributed by atoms with Crippen LogP contribution in [0, 0.1) is 5.92 Å². The van der Waals surface area contributed by atoms with Crippen molar-refractivity contribution in [1.82, 2.24) is 5.32 Å². The number of benzene rings is 1. The zero-order chi connectivity index (χ0) is 13.5. The Bertz CT molecular complexity index is 353. The summed E-state index contributed by atoms with van der Waals surface area (Å²) in [6.45, 7) is 5.68. The highest BCUT2D eigenvalue weighted by atomic mass is 19.3. The molecular formula is C14H22F2N2. The van der Waals surface area contributed by atoms with Gasteiger partial charge in [0.2, 0.25) is 0 Å². The Hall–Kier alpha value is -1.16. The predicted molar refractivity (Wildman–Crippen MR) is 72.3 cm³/mol. The van der Waals surface area contributed by atoms with Crippen molar-refractivity contribution in [2.24, 2.45) is 5.92 Å². The molecule has 0 atom stereocenters. The van der Waals surface area contributed by atoms with Crippen LogP contribution in [0.2, 0.25) is 0 Å². The summed E-state index contributed by atoms with van der Waals surface area (Å²) in [7, 11) is 1.70. The van der Waals surface area contributed by atoms with Crippen molar-refractivity contribution in [2.75, 3.05) is 25.0 Å². The molecule has 18 heavy (non-hydrogen) atoms. The second-order valence-corrected chi connectivity index (χ2v) is 4.93. The minimum Gasteiger partial charge on any atom is -0.369 e. The Morgan fingerprint density at radius 1 is 1.22 bits per heavy atom. The summed E-state index contributed by atoms with van der Waals surface area (Å²) in [6, 6.07) is 7.68. The highest BCUT2D eigenvalue weighted by Crippen LogP contribution is 2.19. The van der Waals surface area contributed by atoms with Crippen LogP contribution in [0.4, 0.5) is 14.5 Å². The largest absolute Gasteiger partial charge is 0.369 e. The van der Waals surface area contributed by atoms with Gasteiger partial charge in [0.1, 0.15) is 0 Å². The van der Waals surface area contributed by atoms with Crippen LogP contribution in [-0.2, 0) is 6.54 Å². The summed E-state index contributed by atoms with van der Waals surface area (Å²) in [5.74, 6) is 0.580. The van der Waals surface area contributed by atoms with E-state index in [1.165, 1.54) is 0 Å². The summed E-state index contributed by atoms with van der Waals surface area (Å²) < 4.78 is 24.8. The summed E-state index contributed by atoms with van der Waals surface area (Å²) in [5.41, 5.74) is 1.93. The van der Waals surface area contributed by atoms with E-state index in [9.17, 15) is 8.78 Å². The minimum atomic E-state index is -2.31. The smallest absolute Gasteiger partial charge is 0.255 e. The second kappa shape index (κ2) is 7.31. The first-order chi connectivity index (χ1) is 8.50. The maximum Gasteiger partial charge on any atom is 0.255 e. The monoisotopic (exact) mass is 256 g/mol. The molecule has 1 N–H and O–H groups in total. The molecule has 0 spiro atoms. The molecule has 0 radical (unpaired) electrons. The van der Waals surface area contributed by atoms with Crippen molar-refractivity contribution in [3.63, 3.8) is 0 Å². The number of hydrogen-bond donors (Lipinski definition) is 1. The topological polar surface area (TPSA) is 15.3 Å². The first kappa shape index (κ1) is 14.9. The van der Waals surface area contributed by atoms with E-state index in [-0.39, 0.29) is 6.54 Å². The average molecular weight is 256 g/mol. The third-order valence-corrected chi connectivity index (χ3v) is 2.68. The van der Waals surface area contributed by atoms with Gasteiger partial charge in [-0.25, -0.2) is 8.78 Å². The van der Waals surface area contributed by atoms with Crippen LogP contribution in [0.3, 0.4) is 0 Å². The van der Waals surface area contributed by atoms with E-state index in [0.29, 0.717) is 12.5 Å². The fourth-order valence-corrected chi connectivity index (χ4v) is 1.83. The van der Waals surface area contributed by atoms with Crippen LogP contribution < -0.4 is 10.2 Å². The van der Waals surface area contributed by atoms with Gasteiger partial charge in [0.15, 0.2) is 0 Å². The lowest BCUT2D eigenvalue weighted by Crippen LogP contribution is -2.26. The molecule has 1 aromatic rings. The van der Waals surface area contributed by atoms with Gasteiger partial charge >= 0.3 is 0 Å². The van der Waals surface area contributed by atoms with Gasteiger partial charge in [0, 0.05) is 19.3 Å². The molecule has 1 aromatic carbocycles. The Kier molecular flexibility index (Phi) is 6.05. The first-order valence-electron chi connectivity index (χ1n) is 6.28. The molecule has 4 heteroatoms. The number of anilines is 1. The Labute approximate surface area is 108 Å². The molecule has 0 aromatic heterocycles. The molecule has 0 saturated heterocycles. The lowest BCUT2D eigenvalue weighted by molar-refractivity contribution is 0.156. The van der Waals surface area contributed by atoms with E-state index in [4.69, 9.17) is 0 Å². The zero-order valence-corrected chi connectivity index (χ0v) is 11.3. The van der Waals surface area contributed by atoms with Gasteiger partial charge in [-0.15, -0.1) is 0 Å². The van der Waals surface area contributed by atoms with E-state index in [1.54, 1.807) is 11.9 Å². The highest BCUT2D eigenvalue weighted by molar-refractivity contribution is 5.53. The molecule has 2 nitrogen and oxygen atoms in total. The van der Waals surface area contributed by atoms with Gasteiger partial charge in [-0.2, -0.15) is 0 Å². The summed E-state index contributed by atoms with van der Waals surface area (Å²) >= 11 is 0. The van der Waals surface area contributed by atoms with Gasteiger partial charge in [-0.1, -0.05) is 32.0 Å². The first-order valence-corrected chi connectivity index (χ1v) is 6.28. The van der Waals surface area contributed by atoms with Crippen LogP contribution in [0.25, 0.3) is 0 Å². The Morgan fingerprint density at radius 3 is 2.50 bits per heavy atom. The molecule has 0 heterocycles. The normalized spacial score (nSPS) is 11.3. The third-order valence-electron chi connectivity index (χ3n) is 2.68. The van der Waals surface area contributed by atoms with Crippen molar-refractivity contribution in [1.29, 1.82) is 0 Å². The maximum absolute atomic E-state index is 12.4. The molecule has 0 unspecified atom stereocenters. The van der Waals surface area contributed by atoms with Crippen molar-refractivity contribution in [2.45, 2.75) is 26.8 Å². The molecule has 0 aliphatic carbocycles. The van der Waals surface area contributed by atoms with Crippen molar-refractivity contribution >= 4 is 5.69 Å². The molecule has 0 aliphatic heterocycles. The predicted octanol–water partition coefficient (Wildman–Crippen LogP) is 3.13. The third kappa shape index (κ3) is 5.00. The Balaban J connectivity index is 2.66. The molecule has 102 valence electrons. The fraction of sp³-hybridized carbons (Fsp3) is 0.571. The molecule has 0 bridgehead atoms. The lowest BCUT2D eigenvalue weighted by Gasteiger charge is -2.22. The molecule has 0 fully saturated rings. The quantitative estimate of drug-likeness (QED) is 0.806. The SMILES string of the molecule is CC(C)CNCc1ccccc1N(C)CC(F)F. The van der Waals surface area contributed by atoms with Crippen LogP contribution >= 0.6 is 0 Å². The van der Waals surface area contributed by atoms with Crippen LogP contribution in [0.5, 0.6) is 0 Å². The number of halogens is 2. The summed E-state index contributed by atoms with van der Waals surface area (Å²) in [5, 5.41) is 3.34. The minimum absolute atomic E-state index is 0.235. The molecule has 0 saturated carbocycles. The van der Waals surface area contributed by atoms with Gasteiger partial charge in [0.25, 0.3) is 6.43 Å². The van der Waals surface area contributed by atoms with Crippen molar-refractivity contribution in [3.05, 3.63) is 29.8 Å². The molecule has 0 aliphatic rings.